The molecule has 0 amide bonds. The van der Waals surface area contributed by atoms with Crippen LogP contribution in [0.3, 0.4) is 0 Å². The summed E-state index contributed by atoms with van der Waals surface area (Å²) >= 11 is 0. The summed E-state index contributed by atoms with van der Waals surface area (Å²) in [5.74, 6) is 0. The first-order chi connectivity index (χ1) is 6.13. The van der Waals surface area contributed by atoms with Crippen LogP contribution in [0.15, 0.2) is 0 Å². The van der Waals surface area contributed by atoms with Crippen molar-refractivity contribution in [3.05, 3.63) is 0 Å². The van der Waals surface area contributed by atoms with Crippen LogP contribution in [0.5, 0.6) is 0 Å². The summed E-state index contributed by atoms with van der Waals surface area (Å²) in [5, 5.41) is 11.2. The van der Waals surface area contributed by atoms with E-state index in [1.807, 2.05) is 20.8 Å². The number of aliphatic hydroxyl groups excluding tert-OH is 1. The van der Waals surface area contributed by atoms with E-state index < -0.39 is 18.8 Å². The summed E-state index contributed by atoms with van der Waals surface area (Å²) in [6, 6.07) is 0. The lowest BCUT2D eigenvalue weighted by Gasteiger charge is -2.19. The van der Waals surface area contributed by atoms with Gasteiger partial charge in [-0.1, -0.05) is 20.8 Å². The Morgan fingerprint density at radius 3 is 2.07 bits per heavy atom. The molecule has 2 nitrogen and oxygen atoms in total. The van der Waals surface area contributed by atoms with Gasteiger partial charge in [0, 0.05) is 6.54 Å². The predicted octanol–water partition coefficient (Wildman–Crippen LogP) is 1.94. The minimum atomic E-state index is -4.52. The third kappa shape index (κ3) is 7.15. The molecule has 0 heterocycles. The zero-order valence-corrected chi connectivity index (χ0v) is 8.78. The molecular formula is C9H18F3NO. The number of rotatable bonds is 4. The second kappa shape index (κ2) is 4.98. The Bertz CT molecular complexity index is 162. The molecule has 0 aliphatic rings. The van der Waals surface area contributed by atoms with Crippen LogP contribution in [0.2, 0.25) is 0 Å². The molecule has 86 valence electrons. The van der Waals surface area contributed by atoms with Crippen LogP contribution in [0.4, 0.5) is 13.2 Å². The molecule has 0 radical (unpaired) electrons. The standard InChI is InChI=1S/C9H18F3NO/c1-8(2,3)4-5-13-6-7(14)9(10,11)12/h7,13-14H,4-6H2,1-3H3. The van der Waals surface area contributed by atoms with Gasteiger partial charge in [-0.2, -0.15) is 13.2 Å². The normalized spacial score (nSPS) is 15.6. The summed E-state index contributed by atoms with van der Waals surface area (Å²) in [7, 11) is 0. The van der Waals surface area contributed by atoms with Gasteiger partial charge in [0.2, 0.25) is 0 Å². The van der Waals surface area contributed by atoms with Gasteiger partial charge < -0.3 is 10.4 Å². The second-order valence-electron chi connectivity index (χ2n) is 4.57. The SMILES string of the molecule is CC(C)(C)CCNCC(O)C(F)(F)F. The molecule has 0 aromatic carbocycles. The lowest BCUT2D eigenvalue weighted by atomic mass is 9.92. The fourth-order valence-electron chi connectivity index (χ4n) is 0.818. The van der Waals surface area contributed by atoms with Crippen LogP contribution in [-0.2, 0) is 0 Å². The molecule has 0 aromatic rings. The van der Waals surface area contributed by atoms with E-state index in [4.69, 9.17) is 5.11 Å². The van der Waals surface area contributed by atoms with Crippen LogP contribution in [0.1, 0.15) is 27.2 Å². The van der Waals surface area contributed by atoms with Crippen LogP contribution in [0, 0.1) is 5.41 Å². The molecule has 1 unspecified atom stereocenters. The van der Waals surface area contributed by atoms with E-state index in [1.54, 1.807) is 0 Å². The van der Waals surface area contributed by atoms with Crippen molar-refractivity contribution in [3.8, 4) is 0 Å². The van der Waals surface area contributed by atoms with E-state index in [1.165, 1.54) is 0 Å². The van der Waals surface area contributed by atoms with Gasteiger partial charge in [-0.3, -0.25) is 0 Å². The smallest absolute Gasteiger partial charge is 0.382 e. The van der Waals surface area contributed by atoms with Gasteiger partial charge in [-0.05, 0) is 18.4 Å². The lowest BCUT2D eigenvalue weighted by Crippen LogP contribution is -2.39. The third-order valence-electron chi connectivity index (χ3n) is 1.77. The molecule has 0 aliphatic carbocycles. The molecule has 1 atom stereocenters. The number of hydrogen-bond donors (Lipinski definition) is 2. The van der Waals surface area contributed by atoms with Gasteiger partial charge in [0.05, 0.1) is 0 Å². The highest BCUT2D eigenvalue weighted by Crippen LogP contribution is 2.20. The van der Waals surface area contributed by atoms with Crippen molar-refractivity contribution in [1.29, 1.82) is 0 Å². The summed E-state index contributed by atoms with van der Waals surface area (Å²) in [6.45, 7) is 6.08. The van der Waals surface area contributed by atoms with Gasteiger partial charge in [0.25, 0.3) is 0 Å². The molecule has 0 spiro atoms. The van der Waals surface area contributed by atoms with Gasteiger partial charge in [-0.25, -0.2) is 0 Å². The maximum atomic E-state index is 11.8. The zero-order valence-electron chi connectivity index (χ0n) is 8.78. The topological polar surface area (TPSA) is 32.3 Å². The highest BCUT2D eigenvalue weighted by atomic mass is 19.4. The summed E-state index contributed by atoms with van der Waals surface area (Å²) in [6.07, 6.45) is -6.01. The number of nitrogens with one attached hydrogen (secondary N) is 1. The Morgan fingerprint density at radius 2 is 1.71 bits per heavy atom. The minimum absolute atomic E-state index is 0.0934. The fourth-order valence-corrected chi connectivity index (χ4v) is 0.818. The van der Waals surface area contributed by atoms with Crippen molar-refractivity contribution in [2.24, 2.45) is 5.41 Å². The van der Waals surface area contributed by atoms with E-state index in [2.05, 4.69) is 5.32 Å². The van der Waals surface area contributed by atoms with E-state index in [-0.39, 0.29) is 5.41 Å². The first-order valence-electron chi connectivity index (χ1n) is 4.58. The molecule has 5 heteroatoms. The largest absolute Gasteiger partial charge is 0.415 e. The highest BCUT2D eigenvalue weighted by molar-refractivity contribution is 4.69. The first-order valence-corrected chi connectivity index (χ1v) is 4.58. The Labute approximate surface area is 82.5 Å². The van der Waals surface area contributed by atoms with Crippen LogP contribution in [0.25, 0.3) is 0 Å². The Kier molecular flexibility index (Phi) is 4.88. The molecule has 14 heavy (non-hydrogen) atoms. The molecule has 0 fully saturated rings. The number of hydrogen-bond acceptors (Lipinski definition) is 2. The van der Waals surface area contributed by atoms with Crippen molar-refractivity contribution >= 4 is 0 Å². The lowest BCUT2D eigenvalue weighted by molar-refractivity contribution is -0.201. The summed E-state index contributed by atoms with van der Waals surface area (Å²) < 4.78 is 35.5. The molecule has 0 bridgehead atoms. The summed E-state index contributed by atoms with van der Waals surface area (Å²) in [5.41, 5.74) is 0.0934. The van der Waals surface area contributed by atoms with E-state index in [0.29, 0.717) is 6.54 Å². The molecular weight excluding hydrogens is 195 g/mol. The maximum absolute atomic E-state index is 11.8. The second-order valence-corrected chi connectivity index (χ2v) is 4.57. The Hall–Kier alpha value is -0.290. The molecule has 2 N–H and O–H groups in total. The quantitative estimate of drug-likeness (QED) is 0.699. The van der Waals surface area contributed by atoms with E-state index >= 15 is 0 Å². The van der Waals surface area contributed by atoms with Crippen LogP contribution < -0.4 is 5.32 Å². The molecule has 0 aromatic heterocycles. The molecule has 0 rings (SSSR count). The van der Waals surface area contributed by atoms with Crippen molar-refractivity contribution in [1.82, 2.24) is 5.32 Å². The van der Waals surface area contributed by atoms with Crippen LogP contribution in [-0.4, -0.2) is 30.5 Å². The van der Waals surface area contributed by atoms with E-state index in [0.717, 1.165) is 6.42 Å². The van der Waals surface area contributed by atoms with Crippen molar-refractivity contribution in [3.63, 3.8) is 0 Å². The zero-order chi connectivity index (χ0) is 11.4. The first kappa shape index (κ1) is 13.7. The minimum Gasteiger partial charge on any atom is -0.382 e. The monoisotopic (exact) mass is 213 g/mol. The number of alkyl halides is 3. The summed E-state index contributed by atoms with van der Waals surface area (Å²) in [4.78, 5) is 0. The van der Waals surface area contributed by atoms with Gasteiger partial charge in [-0.15, -0.1) is 0 Å². The average molecular weight is 213 g/mol. The van der Waals surface area contributed by atoms with Crippen molar-refractivity contribution in [2.75, 3.05) is 13.1 Å². The number of halogens is 3. The Balaban J connectivity index is 3.56. The average Bonchev–Trinajstić information content (AvgIpc) is 1.93. The van der Waals surface area contributed by atoms with Gasteiger partial charge in [0.1, 0.15) is 0 Å². The Morgan fingerprint density at radius 1 is 1.21 bits per heavy atom. The van der Waals surface area contributed by atoms with Gasteiger partial charge >= 0.3 is 6.18 Å². The van der Waals surface area contributed by atoms with Crippen molar-refractivity contribution < 1.29 is 18.3 Å². The maximum Gasteiger partial charge on any atom is 0.415 e. The fraction of sp³-hybridized carbons (Fsp3) is 1.00. The molecule has 0 aliphatic heterocycles. The molecule has 0 saturated heterocycles. The van der Waals surface area contributed by atoms with Crippen molar-refractivity contribution in [2.45, 2.75) is 39.5 Å². The van der Waals surface area contributed by atoms with Gasteiger partial charge in [0.15, 0.2) is 6.10 Å². The molecule has 0 saturated carbocycles. The third-order valence-corrected chi connectivity index (χ3v) is 1.77. The van der Waals surface area contributed by atoms with Crippen LogP contribution >= 0.6 is 0 Å². The predicted molar refractivity (Wildman–Crippen MR) is 49.0 cm³/mol. The highest BCUT2D eigenvalue weighted by Gasteiger charge is 2.37. The van der Waals surface area contributed by atoms with E-state index in [9.17, 15) is 13.2 Å². The number of aliphatic hydroxyl groups is 1.